The van der Waals surface area contributed by atoms with Crippen LogP contribution in [0.2, 0.25) is 0 Å². The molecule has 0 saturated carbocycles. The van der Waals surface area contributed by atoms with Gasteiger partial charge in [0.2, 0.25) is 11.1 Å². The Balaban J connectivity index is 2.07. The first-order valence-electron chi connectivity index (χ1n) is 7.14. The number of rotatable bonds is 7. The second kappa shape index (κ2) is 8.17. The van der Waals surface area contributed by atoms with Crippen LogP contribution in [0.5, 0.6) is 11.5 Å². The van der Waals surface area contributed by atoms with Crippen molar-refractivity contribution in [3.05, 3.63) is 18.2 Å². The molecule has 1 aromatic heterocycles. The highest BCUT2D eigenvalue weighted by molar-refractivity contribution is 7.99. The lowest BCUT2D eigenvalue weighted by Crippen LogP contribution is -2.34. The molecule has 0 saturated heterocycles. The monoisotopic (exact) mass is 391 g/mol. The van der Waals surface area contributed by atoms with Gasteiger partial charge < -0.3 is 20.6 Å². The lowest BCUT2D eigenvalue weighted by Gasteiger charge is -2.09. The van der Waals surface area contributed by atoms with Crippen molar-refractivity contribution < 1.29 is 27.4 Å². The standard InChI is InChI=1S/C14H16F3N5O3S/c1-24-9-4-3-8(5-10(9)25-2)12-20-21-13(22(12)18)26-6-11(23)19-7-14(15,16)17/h3-5H,6-7,18H2,1-2H3,(H,19,23). The van der Waals surface area contributed by atoms with Crippen molar-refractivity contribution in [2.24, 2.45) is 0 Å². The van der Waals surface area contributed by atoms with Crippen LogP contribution < -0.4 is 20.6 Å². The van der Waals surface area contributed by atoms with Gasteiger partial charge in [-0.25, -0.2) is 4.68 Å². The Morgan fingerprint density at radius 1 is 1.27 bits per heavy atom. The van der Waals surface area contributed by atoms with Gasteiger partial charge in [0, 0.05) is 5.56 Å². The molecule has 142 valence electrons. The zero-order valence-electron chi connectivity index (χ0n) is 13.8. The molecule has 0 aliphatic heterocycles. The largest absolute Gasteiger partial charge is 0.493 e. The van der Waals surface area contributed by atoms with E-state index in [1.807, 2.05) is 0 Å². The molecule has 2 rings (SSSR count). The Morgan fingerprint density at radius 3 is 2.58 bits per heavy atom. The number of hydrogen-bond acceptors (Lipinski definition) is 7. The number of benzene rings is 1. The third-order valence-corrected chi connectivity index (χ3v) is 4.07. The Hall–Kier alpha value is -2.63. The molecular formula is C14H16F3N5O3S. The number of ether oxygens (including phenoxy) is 2. The molecule has 12 heteroatoms. The van der Waals surface area contributed by atoms with Crippen LogP contribution in [0.3, 0.4) is 0 Å². The van der Waals surface area contributed by atoms with Crippen LogP contribution >= 0.6 is 11.8 Å². The number of nitrogens with one attached hydrogen (secondary N) is 1. The number of nitrogens with zero attached hydrogens (tertiary/aromatic N) is 3. The van der Waals surface area contributed by atoms with Gasteiger partial charge in [0.15, 0.2) is 17.3 Å². The van der Waals surface area contributed by atoms with E-state index < -0.39 is 18.6 Å². The number of aromatic nitrogens is 3. The van der Waals surface area contributed by atoms with Crippen LogP contribution in [0.1, 0.15) is 0 Å². The molecule has 0 aliphatic carbocycles. The van der Waals surface area contributed by atoms with Crippen LogP contribution in [-0.4, -0.2) is 53.5 Å². The normalized spacial score (nSPS) is 11.3. The van der Waals surface area contributed by atoms with Crippen molar-refractivity contribution in [3.63, 3.8) is 0 Å². The van der Waals surface area contributed by atoms with E-state index in [1.165, 1.54) is 14.2 Å². The summed E-state index contributed by atoms with van der Waals surface area (Å²) in [5, 5.41) is 9.73. The van der Waals surface area contributed by atoms with Gasteiger partial charge >= 0.3 is 6.18 Å². The van der Waals surface area contributed by atoms with Gasteiger partial charge in [-0.15, -0.1) is 10.2 Å². The first kappa shape index (κ1) is 19.7. The Morgan fingerprint density at radius 2 is 1.96 bits per heavy atom. The fourth-order valence-electron chi connectivity index (χ4n) is 1.93. The van der Waals surface area contributed by atoms with E-state index in [0.717, 1.165) is 16.4 Å². The number of nitrogen functional groups attached to an aromatic ring is 1. The third kappa shape index (κ3) is 4.94. The molecule has 26 heavy (non-hydrogen) atoms. The zero-order chi connectivity index (χ0) is 19.3. The van der Waals surface area contributed by atoms with Gasteiger partial charge in [0.25, 0.3) is 0 Å². The van der Waals surface area contributed by atoms with Crippen molar-refractivity contribution in [3.8, 4) is 22.9 Å². The lowest BCUT2D eigenvalue weighted by atomic mass is 10.2. The van der Waals surface area contributed by atoms with E-state index >= 15 is 0 Å². The van der Waals surface area contributed by atoms with Crippen molar-refractivity contribution >= 4 is 17.7 Å². The second-order valence-electron chi connectivity index (χ2n) is 4.93. The van der Waals surface area contributed by atoms with Crippen LogP contribution in [0.25, 0.3) is 11.4 Å². The highest BCUT2D eigenvalue weighted by Crippen LogP contribution is 2.32. The van der Waals surface area contributed by atoms with Gasteiger partial charge in [-0.2, -0.15) is 13.2 Å². The first-order chi connectivity index (χ1) is 12.2. The molecule has 0 unspecified atom stereocenters. The SMILES string of the molecule is COc1ccc(-c2nnc(SCC(=O)NCC(F)(F)F)n2N)cc1OC. The Bertz CT molecular complexity index is 782. The minimum absolute atomic E-state index is 0.178. The van der Waals surface area contributed by atoms with E-state index in [4.69, 9.17) is 15.3 Å². The first-order valence-corrected chi connectivity index (χ1v) is 8.13. The quantitative estimate of drug-likeness (QED) is 0.544. The van der Waals surface area contributed by atoms with Gasteiger partial charge in [0.05, 0.1) is 20.0 Å². The molecule has 0 radical (unpaired) electrons. The molecule has 0 aliphatic rings. The predicted molar refractivity (Wildman–Crippen MR) is 88.5 cm³/mol. The van der Waals surface area contributed by atoms with Gasteiger partial charge in [0.1, 0.15) is 6.54 Å². The number of hydrogen-bond donors (Lipinski definition) is 2. The highest BCUT2D eigenvalue weighted by atomic mass is 32.2. The molecule has 1 heterocycles. The average molecular weight is 391 g/mol. The van der Waals surface area contributed by atoms with Crippen molar-refractivity contribution in [2.45, 2.75) is 11.3 Å². The van der Waals surface area contributed by atoms with Crippen LogP contribution in [0.15, 0.2) is 23.4 Å². The Labute approximate surface area is 150 Å². The highest BCUT2D eigenvalue weighted by Gasteiger charge is 2.27. The summed E-state index contributed by atoms with van der Waals surface area (Å²) in [6.45, 7) is -1.39. The van der Waals surface area contributed by atoms with E-state index in [1.54, 1.807) is 23.5 Å². The Kier molecular flexibility index (Phi) is 6.18. The predicted octanol–water partition coefficient (Wildman–Crippen LogP) is 1.45. The van der Waals surface area contributed by atoms with E-state index in [-0.39, 0.29) is 10.9 Å². The molecule has 3 N–H and O–H groups in total. The molecule has 0 bridgehead atoms. The minimum atomic E-state index is -4.46. The number of nitrogens with two attached hydrogens (primary N) is 1. The number of carbonyl (C=O) groups excluding carboxylic acids is 1. The van der Waals surface area contributed by atoms with Crippen molar-refractivity contribution in [2.75, 3.05) is 32.4 Å². The maximum absolute atomic E-state index is 12.1. The molecular weight excluding hydrogens is 375 g/mol. The van der Waals surface area contributed by atoms with Gasteiger partial charge in [-0.05, 0) is 18.2 Å². The topological polar surface area (TPSA) is 104 Å². The number of halogens is 3. The zero-order valence-corrected chi connectivity index (χ0v) is 14.6. The average Bonchev–Trinajstić information content (AvgIpc) is 2.97. The number of thioether (sulfide) groups is 1. The second-order valence-corrected chi connectivity index (χ2v) is 5.87. The molecule has 0 fully saturated rings. The summed E-state index contributed by atoms with van der Waals surface area (Å²) < 4.78 is 47.7. The summed E-state index contributed by atoms with van der Waals surface area (Å²) in [5.41, 5.74) is 0.589. The van der Waals surface area contributed by atoms with E-state index in [0.29, 0.717) is 22.9 Å². The lowest BCUT2D eigenvalue weighted by molar-refractivity contribution is -0.136. The molecule has 8 nitrogen and oxygen atoms in total. The summed E-state index contributed by atoms with van der Waals surface area (Å²) in [4.78, 5) is 11.4. The number of methoxy groups -OCH3 is 2. The summed E-state index contributed by atoms with van der Waals surface area (Å²) in [6.07, 6.45) is -4.46. The number of alkyl halides is 3. The molecule has 0 spiro atoms. The van der Waals surface area contributed by atoms with E-state index in [2.05, 4.69) is 10.2 Å². The van der Waals surface area contributed by atoms with Gasteiger partial charge in [-0.1, -0.05) is 11.8 Å². The van der Waals surface area contributed by atoms with Crippen LogP contribution in [0, 0.1) is 0 Å². The smallest absolute Gasteiger partial charge is 0.405 e. The summed E-state index contributed by atoms with van der Waals surface area (Å²) in [7, 11) is 2.98. The number of carbonyl (C=O) groups is 1. The molecule has 0 atom stereocenters. The summed E-state index contributed by atoms with van der Waals surface area (Å²) in [6, 6.07) is 5.01. The third-order valence-electron chi connectivity index (χ3n) is 3.12. The molecule has 2 aromatic rings. The van der Waals surface area contributed by atoms with E-state index in [9.17, 15) is 18.0 Å². The molecule has 1 amide bonds. The summed E-state index contributed by atoms with van der Waals surface area (Å²) >= 11 is 0.868. The molecule has 1 aromatic carbocycles. The van der Waals surface area contributed by atoms with Crippen LogP contribution in [0.4, 0.5) is 13.2 Å². The van der Waals surface area contributed by atoms with Crippen molar-refractivity contribution in [1.82, 2.24) is 20.2 Å². The van der Waals surface area contributed by atoms with Crippen LogP contribution in [-0.2, 0) is 4.79 Å². The fraction of sp³-hybridized carbons (Fsp3) is 0.357. The van der Waals surface area contributed by atoms with Gasteiger partial charge in [-0.3, -0.25) is 4.79 Å². The fourth-order valence-corrected chi connectivity index (χ4v) is 2.61. The maximum atomic E-state index is 12.1. The summed E-state index contributed by atoms with van der Waals surface area (Å²) in [5.74, 6) is 6.13. The number of amides is 1. The minimum Gasteiger partial charge on any atom is -0.493 e. The maximum Gasteiger partial charge on any atom is 0.405 e. The van der Waals surface area contributed by atoms with Crippen molar-refractivity contribution in [1.29, 1.82) is 0 Å².